The van der Waals surface area contributed by atoms with E-state index in [4.69, 9.17) is 4.74 Å². The number of likely N-dealkylation sites (N-methyl/N-ethyl adjacent to an activating group) is 1. The summed E-state index contributed by atoms with van der Waals surface area (Å²) in [4.78, 5) is 28.7. The van der Waals surface area contributed by atoms with Crippen molar-refractivity contribution in [3.05, 3.63) is 60.2 Å². The summed E-state index contributed by atoms with van der Waals surface area (Å²) < 4.78 is 5.13. The van der Waals surface area contributed by atoms with E-state index in [0.717, 1.165) is 5.56 Å². The van der Waals surface area contributed by atoms with Crippen molar-refractivity contribution in [2.75, 3.05) is 18.6 Å². The molecule has 1 atom stereocenters. The van der Waals surface area contributed by atoms with E-state index in [1.165, 1.54) is 4.90 Å². The van der Waals surface area contributed by atoms with E-state index in [1.54, 1.807) is 31.4 Å². The van der Waals surface area contributed by atoms with Gasteiger partial charge in [0.25, 0.3) is 5.91 Å². The van der Waals surface area contributed by atoms with Crippen LogP contribution in [0.1, 0.15) is 18.9 Å². The summed E-state index contributed by atoms with van der Waals surface area (Å²) in [5.41, 5.74) is 1.72. The highest BCUT2D eigenvalue weighted by Crippen LogP contribution is 2.28. The molecule has 2 amide bonds. The van der Waals surface area contributed by atoms with Crippen LogP contribution in [0.3, 0.4) is 0 Å². The summed E-state index contributed by atoms with van der Waals surface area (Å²) in [5.74, 6) is 0.373. The number of nitrogens with zero attached hydrogens (tertiary/aromatic N) is 2. The lowest BCUT2D eigenvalue weighted by molar-refractivity contribution is -0.123. The van der Waals surface area contributed by atoms with Crippen molar-refractivity contribution in [1.82, 2.24) is 4.90 Å². The number of amides is 2. The molecule has 1 aliphatic heterocycles. The van der Waals surface area contributed by atoms with Gasteiger partial charge in [-0.1, -0.05) is 37.3 Å². The fourth-order valence-corrected chi connectivity index (χ4v) is 3.16. The van der Waals surface area contributed by atoms with Crippen LogP contribution in [0.2, 0.25) is 0 Å². The second-order valence-electron chi connectivity index (χ2n) is 6.03. The van der Waals surface area contributed by atoms with Gasteiger partial charge >= 0.3 is 0 Å². The third-order valence-corrected chi connectivity index (χ3v) is 4.53. The Morgan fingerprint density at radius 1 is 1.08 bits per heavy atom. The minimum atomic E-state index is -0.417. The number of hydrogen-bond acceptors (Lipinski definition) is 4. The van der Waals surface area contributed by atoms with Crippen molar-refractivity contribution >= 4 is 17.5 Å². The Kier molecular flexibility index (Phi) is 5.14. The summed E-state index contributed by atoms with van der Waals surface area (Å²) in [7, 11) is 1.58. The number of carbonyl (C=O) groups is 2. The number of carbonyl (C=O) groups excluding carboxylic acids is 2. The Balaban J connectivity index is 1.79. The van der Waals surface area contributed by atoms with Crippen molar-refractivity contribution in [3.8, 4) is 5.75 Å². The maximum absolute atomic E-state index is 12.9. The molecule has 25 heavy (non-hydrogen) atoms. The molecule has 2 aromatic rings. The van der Waals surface area contributed by atoms with E-state index < -0.39 is 6.04 Å². The first-order valence-corrected chi connectivity index (χ1v) is 8.43. The molecule has 0 N–H and O–H groups in total. The predicted octanol–water partition coefficient (Wildman–Crippen LogP) is 2.85. The molecular formula is C20H22N2O3. The molecule has 1 aliphatic rings. The molecule has 5 nitrogen and oxygen atoms in total. The summed E-state index contributed by atoms with van der Waals surface area (Å²) >= 11 is 0. The van der Waals surface area contributed by atoms with Gasteiger partial charge in [0.15, 0.2) is 0 Å². The minimum Gasteiger partial charge on any atom is -0.497 e. The molecule has 0 saturated carbocycles. The molecule has 0 spiro atoms. The second-order valence-corrected chi connectivity index (χ2v) is 6.03. The summed E-state index contributed by atoms with van der Waals surface area (Å²) in [6.45, 7) is 3.36. The van der Waals surface area contributed by atoms with Crippen LogP contribution in [0, 0.1) is 0 Å². The molecule has 130 valence electrons. The highest BCUT2D eigenvalue weighted by atomic mass is 16.5. The van der Waals surface area contributed by atoms with Gasteiger partial charge in [0, 0.05) is 6.54 Å². The number of rotatable bonds is 6. The summed E-state index contributed by atoms with van der Waals surface area (Å²) in [6.07, 6.45) is 0.214. The average molecular weight is 338 g/mol. The standard InChI is InChI=1S/C20H22N2O3/c1-3-21(14-15-7-5-4-6-8-15)18-13-19(23)22(20(18)24)16-9-11-17(25-2)12-10-16/h4-12,18H,3,13-14H2,1-2H3/t18-/m0/s1. The zero-order valence-electron chi connectivity index (χ0n) is 14.5. The molecule has 0 radical (unpaired) electrons. The molecule has 3 rings (SSSR count). The Bertz CT molecular complexity index is 743. The number of hydrogen-bond donors (Lipinski definition) is 0. The molecule has 2 aromatic carbocycles. The van der Waals surface area contributed by atoms with Gasteiger partial charge in [0.05, 0.1) is 25.3 Å². The molecule has 0 aromatic heterocycles. The first-order valence-electron chi connectivity index (χ1n) is 8.43. The van der Waals surface area contributed by atoms with Crippen LogP contribution in [0.15, 0.2) is 54.6 Å². The number of methoxy groups -OCH3 is 1. The SMILES string of the molecule is CCN(Cc1ccccc1)[C@H]1CC(=O)N(c2ccc(OC)cc2)C1=O. The maximum atomic E-state index is 12.9. The summed E-state index contributed by atoms with van der Waals surface area (Å²) in [5, 5.41) is 0. The average Bonchev–Trinajstić information content (AvgIpc) is 2.95. The third-order valence-electron chi connectivity index (χ3n) is 4.53. The van der Waals surface area contributed by atoms with Crippen molar-refractivity contribution in [2.24, 2.45) is 0 Å². The largest absolute Gasteiger partial charge is 0.497 e. The van der Waals surface area contributed by atoms with E-state index in [1.807, 2.05) is 37.3 Å². The van der Waals surface area contributed by atoms with Gasteiger partial charge < -0.3 is 4.74 Å². The first-order chi connectivity index (χ1) is 12.1. The fraction of sp³-hybridized carbons (Fsp3) is 0.300. The topological polar surface area (TPSA) is 49.9 Å². The summed E-state index contributed by atoms with van der Waals surface area (Å²) in [6, 6.07) is 16.6. The van der Waals surface area contributed by atoms with Crippen LogP contribution in [0.25, 0.3) is 0 Å². The Labute approximate surface area is 147 Å². The molecule has 0 aliphatic carbocycles. The van der Waals surface area contributed by atoms with Crippen LogP contribution in [0.4, 0.5) is 5.69 Å². The van der Waals surface area contributed by atoms with Crippen molar-refractivity contribution in [2.45, 2.75) is 25.9 Å². The number of anilines is 1. The van der Waals surface area contributed by atoms with Crippen LogP contribution in [-0.4, -0.2) is 36.4 Å². The maximum Gasteiger partial charge on any atom is 0.251 e. The highest BCUT2D eigenvalue weighted by Gasteiger charge is 2.42. The lowest BCUT2D eigenvalue weighted by Crippen LogP contribution is -2.41. The lowest BCUT2D eigenvalue weighted by atomic mass is 10.1. The number of ether oxygens (including phenoxy) is 1. The van der Waals surface area contributed by atoms with Crippen LogP contribution in [-0.2, 0) is 16.1 Å². The van der Waals surface area contributed by atoms with Crippen LogP contribution >= 0.6 is 0 Å². The zero-order chi connectivity index (χ0) is 17.8. The van der Waals surface area contributed by atoms with E-state index in [9.17, 15) is 9.59 Å². The van der Waals surface area contributed by atoms with Crippen molar-refractivity contribution in [1.29, 1.82) is 0 Å². The van der Waals surface area contributed by atoms with Gasteiger partial charge in [-0.25, -0.2) is 4.90 Å². The van der Waals surface area contributed by atoms with Gasteiger partial charge in [0.1, 0.15) is 5.75 Å². The Morgan fingerprint density at radius 2 is 1.76 bits per heavy atom. The molecule has 0 unspecified atom stereocenters. The van der Waals surface area contributed by atoms with Crippen LogP contribution < -0.4 is 9.64 Å². The van der Waals surface area contributed by atoms with Crippen molar-refractivity contribution in [3.63, 3.8) is 0 Å². The predicted molar refractivity (Wildman–Crippen MR) is 96.4 cm³/mol. The van der Waals surface area contributed by atoms with Gasteiger partial charge in [-0.2, -0.15) is 0 Å². The molecule has 1 fully saturated rings. The van der Waals surface area contributed by atoms with Crippen LogP contribution in [0.5, 0.6) is 5.75 Å². The van der Waals surface area contributed by atoms with Gasteiger partial charge in [0.2, 0.25) is 5.91 Å². The van der Waals surface area contributed by atoms with E-state index >= 15 is 0 Å². The molecule has 1 heterocycles. The van der Waals surface area contributed by atoms with E-state index in [-0.39, 0.29) is 18.2 Å². The Hall–Kier alpha value is -2.66. The number of imide groups is 1. The normalized spacial score (nSPS) is 17.4. The van der Waals surface area contributed by atoms with Gasteiger partial charge in [-0.15, -0.1) is 0 Å². The zero-order valence-corrected chi connectivity index (χ0v) is 14.5. The molecule has 5 heteroatoms. The Morgan fingerprint density at radius 3 is 2.36 bits per heavy atom. The number of benzene rings is 2. The fourth-order valence-electron chi connectivity index (χ4n) is 3.16. The molecule has 1 saturated heterocycles. The minimum absolute atomic E-state index is 0.159. The van der Waals surface area contributed by atoms with E-state index in [0.29, 0.717) is 24.5 Å². The quantitative estimate of drug-likeness (QED) is 0.760. The van der Waals surface area contributed by atoms with Gasteiger partial charge in [-0.05, 0) is 36.4 Å². The molecule has 0 bridgehead atoms. The second kappa shape index (κ2) is 7.49. The third kappa shape index (κ3) is 3.56. The van der Waals surface area contributed by atoms with Crippen molar-refractivity contribution < 1.29 is 14.3 Å². The molecular weight excluding hydrogens is 316 g/mol. The van der Waals surface area contributed by atoms with Gasteiger partial charge in [-0.3, -0.25) is 14.5 Å². The van der Waals surface area contributed by atoms with E-state index in [2.05, 4.69) is 4.90 Å². The monoisotopic (exact) mass is 338 g/mol. The highest BCUT2D eigenvalue weighted by molar-refractivity contribution is 6.22. The smallest absolute Gasteiger partial charge is 0.251 e. The lowest BCUT2D eigenvalue weighted by Gasteiger charge is -2.26. The first kappa shape index (κ1) is 17.2.